The van der Waals surface area contributed by atoms with Crippen molar-refractivity contribution < 1.29 is 19.6 Å². The molecule has 0 heterocycles. The number of carbonyl (C=O) groups is 1. The molecular formula is C12H9IN2O5. The Bertz CT molecular complexity index is 633. The lowest BCUT2D eigenvalue weighted by molar-refractivity contribution is -0.385. The molecular weight excluding hydrogens is 379 g/mol. The summed E-state index contributed by atoms with van der Waals surface area (Å²) in [5.74, 6) is -1.09. The van der Waals surface area contributed by atoms with Crippen LogP contribution in [-0.2, 0) is 4.79 Å². The van der Waals surface area contributed by atoms with Gasteiger partial charge in [-0.3, -0.25) is 10.1 Å². The number of aliphatic carboxylic acids is 1. The van der Waals surface area contributed by atoms with Crippen molar-refractivity contribution in [3.63, 3.8) is 0 Å². The minimum Gasteiger partial charge on any atom is -0.482 e. The van der Waals surface area contributed by atoms with Crippen LogP contribution in [0.1, 0.15) is 12.5 Å². The Morgan fingerprint density at radius 3 is 2.80 bits per heavy atom. The summed E-state index contributed by atoms with van der Waals surface area (Å²) in [5, 5.41) is 28.3. The maximum atomic E-state index is 11.0. The van der Waals surface area contributed by atoms with Crippen LogP contribution in [-0.4, -0.2) is 22.6 Å². The van der Waals surface area contributed by atoms with Crippen molar-refractivity contribution in [2.24, 2.45) is 0 Å². The fourth-order valence-electron chi connectivity index (χ4n) is 1.36. The second-order valence-electron chi connectivity index (χ2n) is 3.79. The number of carboxylic acid groups (broad SMARTS) is 1. The van der Waals surface area contributed by atoms with Crippen LogP contribution < -0.4 is 4.74 Å². The fourth-order valence-corrected chi connectivity index (χ4v) is 2.13. The minimum atomic E-state index is -1.12. The molecule has 0 fully saturated rings. The standard InChI is InChI=1S/C12H9IN2O5/c1-7(2-11(16)17)6-20-12-9(13)3-8(5-14)4-10(12)15(18)19/h2-4H,6H2,1H3,(H,16,17). The van der Waals surface area contributed by atoms with Gasteiger partial charge in [-0.2, -0.15) is 5.26 Å². The average Bonchev–Trinajstić information content (AvgIpc) is 2.35. The number of nitro benzene ring substituents is 1. The molecule has 0 saturated carbocycles. The monoisotopic (exact) mass is 388 g/mol. The van der Waals surface area contributed by atoms with Crippen LogP contribution >= 0.6 is 22.6 Å². The van der Waals surface area contributed by atoms with Crippen molar-refractivity contribution in [3.8, 4) is 11.8 Å². The molecule has 0 amide bonds. The first-order chi connectivity index (χ1) is 9.35. The molecule has 7 nitrogen and oxygen atoms in total. The lowest BCUT2D eigenvalue weighted by Crippen LogP contribution is -2.05. The Morgan fingerprint density at radius 1 is 1.65 bits per heavy atom. The number of benzene rings is 1. The number of nitro groups is 1. The van der Waals surface area contributed by atoms with Crippen LogP contribution in [0.15, 0.2) is 23.8 Å². The highest BCUT2D eigenvalue weighted by molar-refractivity contribution is 14.1. The highest BCUT2D eigenvalue weighted by Gasteiger charge is 2.20. The predicted octanol–water partition coefficient (Wildman–Crippen LogP) is 2.48. The topological polar surface area (TPSA) is 113 Å². The predicted molar refractivity (Wildman–Crippen MR) is 77.4 cm³/mol. The molecule has 1 rings (SSSR count). The molecule has 0 saturated heterocycles. The molecule has 0 unspecified atom stereocenters. The second kappa shape index (κ2) is 6.85. The first-order valence-corrected chi connectivity index (χ1v) is 6.34. The van der Waals surface area contributed by atoms with E-state index in [2.05, 4.69) is 0 Å². The van der Waals surface area contributed by atoms with Gasteiger partial charge in [0.15, 0.2) is 0 Å². The van der Waals surface area contributed by atoms with E-state index in [0.717, 1.165) is 12.1 Å². The third-order valence-electron chi connectivity index (χ3n) is 2.16. The molecule has 0 radical (unpaired) electrons. The van der Waals surface area contributed by atoms with Gasteiger partial charge in [0, 0.05) is 12.1 Å². The van der Waals surface area contributed by atoms with Crippen LogP contribution in [0.2, 0.25) is 0 Å². The molecule has 0 aromatic heterocycles. The molecule has 8 heteroatoms. The molecule has 0 bridgehead atoms. The van der Waals surface area contributed by atoms with Gasteiger partial charge in [-0.1, -0.05) is 0 Å². The molecule has 0 aliphatic rings. The van der Waals surface area contributed by atoms with Crippen LogP contribution in [0.25, 0.3) is 0 Å². The van der Waals surface area contributed by atoms with Crippen molar-refractivity contribution in [1.29, 1.82) is 5.26 Å². The number of nitrogens with zero attached hydrogens (tertiary/aromatic N) is 2. The highest BCUT2D eigenvalue weighted by Crippen LogP contribution is 2.33. The first-order valence-electron chi connectivity index (χ1n) is 5.26. The minimum absolute atomic E-state index is 0.0211. The van der Waals surface area contributed by atoms with Gasteiger partial charge in [-0.25, -0.2) is 4.79 Å². The summed E-state index contributed by atoms with van der Waals surface area (Å²) >= 11 is 1.82. The third-order valence-corrected chi connectivity index (χ3v) is 2.97. The molecule has 20 heavy (non-hydrogen) atoms. The van der Waals surface area contributed by atoms with Crippen molar-refractivity contribution in [1.82, 2.24) is 0 Å². The van der Waals surface area contributed by atoms with E-state index in [1.165, 1.54) is 13.0 Å². The van der Waals surface area contributed by atoms with Gasteiger partial charge >= 0.3 is 11.7 Å². The van der Waals surface area contributed by atoms with Gasteiger partial charge in [0.25, 0.3) is 0 Å². The lowest BCUT2D eigenvalue weighted by atomic mass is 10.2. The van der Waals surface area contributed by atoms with Crippen molar-refractivity contribution in [2.45, 2.75) is 6.92 Å². The quantitative estimate of drug-likeness (QED) is 0.359. The van der Waals surface area contributed by atoms with E-state index in [0.29, 0.717) is 9.14 Å². The Hall–Kier alpha value is -2.15. The van der Waals surface area contributed by atoms with E-state index in [1.54, 1.807) is 0 Å². The summed E-state index contributed by atoms with van der Waals surface area (Å²) in [7, 11) is 0. The Balaban J connectivity index is 3.09. The zero-order valence-electron chi connectivity index (χ0n) is 10.3. The smallest absolute Gasteiger partial charge is 0.328 e. The molecule has 104 valence electrons. The number of ether oxygens (including phenoxy) is 1. The summed E-state index contributed by atoms with van der Waals surface area (Å²) in [6.45, 7) is 1.45. The van der Waals surface area contributed by atoms with Crippen LogP contribution in [0, 0.1) is 25.0 Å². The summed E-state index contributed by atoms with van der Waals surface area (Å²) < 4.78 is 5.71. The Kier molecular flexibility index (Phi) is 5.45. The van der Waals surface area contributed by atoms with Crippen molar-refractivity contribution in [3.05, 3.63) is 43.0 Å². The lowest BCUT2D eigenvalue weighted by Gasteiger charge is -2.09. The molecule has 0 aliphatic heterocycles. The van der Waals surface area contributed by atoms with Crippen LogP contribution in [0.4, 0.5) is 5.69 Å². The molecule has 1 N–H and O–H groups in total. The Labute approximate surface area is 127 Å². The largest absolute Gasteiger partial charge is 0.482 e. The second-order valence-corrected chi connectivity index (χ2v) is 4.96. The van der Waals surface area contributed by atoms with E-state index in [1.807, 2.05) is 28.7 Å². The maximum Gasteiger partial charge on any atom is 0.328 e. The Morgan fingerprint density at radius 2 is 2.30 bits per heavy atom. The van der Waals surface area contributed by atoms with Crippen LogP contribution in [0.3, 0.4) is 0 Å². The molecule has 0 spiro atoms. The number of hydrogen-bond donors (Lipinski definition) is 1. The number of hydrogen-bond acceptors (Lipinski definition) is 5. The fraction of sp³-hybridized carbons (Fsp3) is 0.167. The van der Waals surface area contributed by atoms with E-state index in [4.69, 9.17) is 15.1 Å². The number of rotatable bonds is 5. The molecule has 0 aliphatic carbocycles. The summed E-state index contributed by atoms with van der Waals surface area (Å²) in [6, 6.07) is 4.40. The summed E-state index contributed by atoms with van der Waals surface area (Å²) in [5.41, 5.74) is 0.245. The molecule has 1 aromatic carbocycles. The number of halogens is 1. The van der Waals surface area contributed by atoms with Gasteiger partial charge in [-0.15, -0.1) is 0 Å². The zero-order valence-corrected chi connectivity index (χ0v) is 12.4. The van der Waals surface area contributed by atoms with Crippen LogP contribution in [0.5, 0.6) is 5.75 Å². The van der Waals surface area contributed by atoms with Gasteiger partial charge in [0.1, 0.15) is 6.61 Å². The average molecular weight is 388 g/mol. The number of nitriles is 1. The maximum absolute atomic E-state index is 11.0. The van der Waals surface area contributed by atoms with Gasteiger partial charge < -0.3 is 9.84 Å². The molecule has 0 atom stereocenters. The van der Waals surface area contributed by atoms with E-state index < -0.39 is 10.9 Å². The summed E-state index contributed by atoms with van der Waals surface area (Å²) in [6.07, 6.45) is 0.961. The van der Waals surface area contributed by atoms with Gasteiger partial charge in [0.2, 0.25) is 5.75 Å². The normalized spacial score (nSPS) is 10.8. The molecule has 1 aromatic rings. The highest BCUT2D eigenvalue weighted by atomic mass is 127. The summed E-state index contributed by atoms with van der Waals surface area (Å²) in [4.78, 5) is 20.8. The van der Waals surface area contributed by atoms with Crippen molar-refractivity contribution in [2.75, 3.05) is 6.61 Å². The van der Waals surface area contributed by atoms with E-state index in [-0.39, 0.29) is 23.6 Å². The first kappa shape index (κ1) is 15.9. The number of carboxylic acids is 1. The van der Waals surface area contributed by atoms with Gasteiger partial charge in [0.05, 0.1) is 20.1 Å². The van der Waals surface area contributed by atoms with Gasteiger partial charge in [-0.05, 0) is 41.2 Å². The van der Waals surface area contributed by atoms with E-state index in [9.17, 15) is 14.9 Å². The van der Waals surface area contributed by atoms with Crippen molar-refractivity contribution >= 4 is 34.2 Å². The zero-order chi connectivity index (χ0) is 15.3. The third kappa shape index (κ3) is 4.20. The van der Waals surface area contributed by atoms with E-state index >= 15 is 0 Å². The SMILES string of the molecule is CC(=CC(=O)O)COc1c(I)cc(C#N)cc1[N+](=O)[O-].